The number of nitrogens with zero attached hydrogens (tertiary/aromatic N) is 2. The van der Waals surface area contributed by atoms with Crippen molar-refractivity contribution >= 4 is 11.6 Å². The summed E-state index contributed by atoms with van der Waals surface area (Å²) in [5.74, 6) is 2.32. The highest BCUT2D eigenvalue weighted by atomic mass is 15.0. The first-order chi connectivity index (χ1) is 9.06. The Morgan fingerprint density at radius 1 is 1.21 bits per heavy atom. The standard InChI is InChI=1S/C15H20N4/c1-10(2)15-18-13(16)8-14(19-15)17-9-12-7-5-4-6-11(12)3/h4-8,10H,9H2,1-3H3,(H3,16,17,18,19). The molecular weight excluding hydrogens is 236 g/mol. The molecule has 0 saturated carbocycles. The van der Waals surface area contributed by atoms with Gasteiger partial charge in [0, 0.05) is 18.5 Å². The van der Waals surface area contributed by atoms with Crippen LogP contribution in [0.5, 0.6) is 0 Å². The molecule has 0 amide bonds. The minimum absolute atomic E-state index is 0.266. The second-order valence-electron chi connectivity index (χ2n) is 4.97. The highest BCUT2D eigenvalue weighted by Gasteiger charge is 2.06. The third-order valence-electron chi connectivity index (χ3n) is 3.00. The Kier molecular flexibility index (Phi) is 4.00. The molecule has 19 heavy (non-hydrogen) atoms. The second kappa shape index (κ2) is 5.69. The normalized spacial score (nSPS) is 10.7. The molecule has 0 aliphatic rings. The average molecular weight is 256 g/mol. The molecular formula is C15H20N4. The smallest absolute Gasteiger partial charge is 0.135 e. The Hall–Kier alpha value is -2.10. The number of benzene rings is 1. The zero-order valence-corrected chi connectivity index (χ0v) is 11.6. The van der Waals surface area contributed by atoms with Crippen LogP contribution in [0, 0.1) is 6.92 Å². The van der Waals surface area contributed by atoms with Gasteiger partial charge in [-0.15, -0.1) is 0 Å². The van der Waals surface area contributed by atoms with Crippen LogP contribution in [0.25, 0.3) is 0 Å². The summed E-state index contributed by atoms with van der Waals surface area (Å²) in [7, 11) is 0. The summed E-state index contributed by atoms with van der Waals surface area (Å²) >= 11 is 0. The first-order valence-corrected chi connectivity index (χ1v) is 6.49. The molecule has 2 rings (SSSR count). The zero-order valence-electron chi connectivity index (χ0n) is 11.6. The highest BCUT2D eigenvalue weighted by Crippen LogP contribution is 2.16. The molecule has 0 radical (unpaired) electrons. The lowest BCUT2D eigenvalue weighted by Gasteiger charge is -2.11. The highest BCUT2D eigenvalue weighted by molar-refractivity contribution is 5.45. The Morgan fingerprint density at radius 2 is 1.95 bits per heavy atom. The summed E-state index contributed by atoms with van der Waals surface area (Å²) in [4.78, 5) is 8.71. The first kappa shape index (κ1) is 13.3. The van der Waals surface area contributed by atoms with Gasteiger partial charge in [0.2, 0.25) is 0 Å². The van der Waals surface area contributed by atoms with Crippen molar-refractivity contribution in [2.24, 2.45) is 0 Å². The number of hydrogen-bond donors (Lipinski definition) is 2. The van der Waals surface area contributed by atoms with Gasteiger partial charge in [-0.3, -0.25) is 0 Å². The molecule has 3 N–H and O–H groups in total. The SMILES string of the molecule is Cc1ccccc1CNc1cc(N)nc(C(C)C)n1. The molecule has 0 saturated heterocycles. The van der Waals surface area contributed by atoms with E-state index in [0.29, 0.717) is 5.82 Å². The van der Waals surface area contributed by atoms with E-state index in [4.69, 9.17) is 5.73 Å². The Labute approximate surface area is 114 Å². The van der Waals surface area contributed by atoms with Gasteiger partial charge < -0.3 is 11.1 Å². The van der Waals surface area contributed by atoms with Gasteiger partial charge >= 0.3 is 0 Å². The van der Waals surface area contributed by atoms with Crippen LogP contribution in [0.4, 0.5) is 11.6 Å². The van der Waals surface area contributed by atoms with Crippen LogP contribution in [-0.2, 0) is 6.54 Å². The van der Waals surface area contributed by atoms with Crippen molar-refractivity contribution in [2.45, 2.75) is 33.2 Å². The number of rotatable bonds is 4. The van der Waals surface area contributed by atoms with Crippen molar-refractivity contribution in [3.63, 3.8) is 0 Å². The topological polar surface area (TPSA) is 63.8 Å². The fourth-order valence-corrected chi connectivity index (χ4v) is 1.83. The average Bonchev–Trinajstić information content (AvgIpc) is 2.37. The minimum Gasteiger partial charge on any atom is -0.384 e. The summed E-state index contributed by atoms with van der Waals surface area (Å²) in [6.45, 7) is 6.95. The molecule has 4 nitrogen and oxygen atoms in total. The number of nitrogens with one attached hydrogen (secondary N) is 1. The van der Waals surface area contributed by atoms with Crippen molar-refractivity contribution in [1.29, 1.82) is 0 Å². The molecule has 0 unspecified atom stereocenters. The molecule has 1 aromatic carbocycles. The van der Waals surface area contributed by atoms with E-state index in [1.165, 1.54) is 11.1 Å². The van der Waals surface area contributed by atoms with Gasteiger partial charge in [0.15, 0.2) is 0 Å². The number of nitrogens with two attached hydrogens (primary N) is 1. The van der Waals surface area contributed by atoms with Crippen molar-refractivity contribution in [3.8, 4) is 0 Å². The maximum Gasteiger partial charge on any atom is 0.135 e. The van der Waals surface area contributed by atoms with E-state index >= 15 is 0 Å². The van der Waals surface area contributed by atoms with Crippen LogP contribution in [0.1, 0.15) is 36.7 Å². The van der Waals surface area contributed by atoms with Gasteiger partial charge in [-0.2, -0.15) is 0 Å². The van der Waals surface area contributed by atoms with Gasteiger partial charge in [0.1, 0.15) is 17.5 Å². The Bertz CT molecular complexity index is 564. The molecule has 0 aliphatic carbocycles. The Morgan fingerprint density at radius 3 is 2.63 bits per heavy atom. The molecule has 0 atom stereocenters. The van der Waals surface area contributed by atoms with Gasteiger partial charge in [0.05, 0.1) is 0 Å². The zero-order chi connectivity index (χ0) is 13.8. The van der Waals surface area contributed by atoms with Crippen molar-refractivity contribution in [1.82, 2.24) is 9.97 Å². The van der Waals surface area contributed by atoms with Crippen molar-refractivity contribution in [3.05, 3.63) is 47.3 Å². The third-order valence-corrected chi connectivity index (χ3v) is 3.00. The molecule has 0 bridgehead atoms. The fourth-order valence-electron chi connectivity index (χ4n) is 1.83. The van der Waals surface area contributed by atoms with Crippen LogP contribution in [0.2, 0.25) is 0 Å². The minimum atomic E-state index is 0.266. The van der Waals surface area contributed by atoms with E-state index < -0.39 is 0 Å². The van der Waals surface area contributed by atoms with Crippen LogP contribution in [0.15, 0.2) is 30.3 Å². The lowest BCUT2D eigenvalue weighted by Crippen LogP contribution is -2.08. The van der Waals surface area contributed by atoms with Crippen molar-refractivity contribution in [2.75, 3.05) is 11.1 Å². The molecule has 2 aromatic rings. The van der Waals surface area contributed by atoms with E-state index in [0.717, 1.165) is 18.2 Å². The second-order valence-corrected chi connectivity index (χ2v) is 4.97. The van der Waals surface area contributed by atoms with Crippen LogP contribution < -0.4 is 11.1 Å². The summed E-state index contributed by atoms with van der Waals surface area (Å²) in [5.41, 5.74) is 8.33. The maximum absolute atomic E-state index is 5.80. The fraction of sp³-hybridized carbons (Fsp3) is 0.333. The Balaban J connectivity index is 2.14. The monoisotopic (exact) mass is 256 g/mol. The number of anilines is 2. The molecule has 4 heteroatoms. The van der Waals surface area contributed by atoms with Gasteiger partial charge in [-0.25, -0.2) is 9.97 Å². The number of nitrogen functional groups attached to an aromatic ring is 1. The van der Waals surface area contributed by atoms with Gasteiger partial charge in [0.25, 0.3) is 0 Å². The number of aromatic nitrogens is 2. The van der Waals surface area contributed by atoms with E-state index in [1.54, 1.807) is 6.07 Å². The van der Waals surface area contributed by atoms with Gasteiger partial charge in [-0.1, -0.05) is 38.1 Å². The summed E-state index contributed by atoms with van der Waals surface area (Å²) in [6, 6.07) is 10.1. The van der Waals surface area contributed by atoms with Crippen LogP contribution in [0.3, 0.4) is 0 Å². The maximum atomic E-state index is 5.80. The summed E-state index contributed by atoms with van der Waals surface area (Å²) in [6.07, 6.45) is 0. The molecule has 1 heterocycles. The van der Waals surface area contributed by atoms with E-state index in [9.17, 15) is 0 Å². The number of hydrogen-bond acceptors (Lipinski definition) is 4. The molecule has 1 aromatic heterocycles. The molecule has 0 fully saturated rings. The third kappa shape index (κ3) is 3.44. The van der Waals surface area contributed by atoms with Gasteiger partial charge in [-0.05, 0) is 18.1 Å². The predicted octanol–water partition coefficient (Wildman–Crippen LogP) is 3.10. The quantitative estimate of drug-likeness (QED) is 0.882. The number of aryl methyl sites for hydroxylation is 1. The van der Waals surface area contributed by atoms with E-state index in [2.05, 4.69) is 48.2 Å². The lowest BCUT2D eigenvalue weighted by atomic mass is 10.1. The summed E-state index contributed by atoms with van der Waals surface area (Å²) in [5, 5.41) is 3.31. The lowest BCUT2D eigenvalue weighted by molar-refractivity contribution is 0.777. The van der Waals surface area contributed by atoms with E-state index in [-0.39, 0.29) is 5.92 Å². The predicted molar refractivity (Wildman–Crippen MR) is 79.0 cm³/mol. The van der Waals surface area contributed by atoms with Crippen LogP contribution >= 0.6 is 0 Å². The summed E-state index contributed by atoms with van der Waals surface area (Å²) < 4.78 is 0. The van der Waals surface area contributed by atoms with E-state index in [1.807, 2.05) is 12.1 Å². The van der Waals surface area contributed by atoms with Crippen molar-refractivity contribution < 1.29 is 0 Å². The largest absolute Gasteiger partial charge is 0.384 e. The first-order valence-electron chi connectivity index (χ1n) is 6.49. The van der Waals surface area contributed by atoms with Crippen LogP contribution in [-0.4, -0.2) is 9.97 Å². The molecule has 0 aliphatic heterocycles. The molecule has 0 spiro atoms. The molecule has 100 valence electrons.